The number of esters is 2. The van der Waals surface area contributed by atoms with Crippen LogP contribution in [-0.2, 0) is 25.5 Å². The monoisotopic (exact) mass is 489 g/mol. The third-order valence-corrected chi connectivity index (χ3v) is 5.48. The Labute approximate surface area is 208 Å². The Hall–Kier alpha value is -4.46. The van der Waals surface area contributed by atoms with E-state index in [1.165, 1.54) is 24.3 Å². The van der Waals surface area contributed by atoms with Gasteiger partial charge in [0.25, 0.3) is 5.91 Å². The first-order chi connectivity index (χ1) is 17.2. The molecule has 8 nitrogen and oxygen atoms in total. The minimum Gasteiger partial charge on any atom is -0.478 e. The molecule has 2 N–H and O–H groups in total. The van der Waals surface area contributed by atoms with Gasteiger partial charge in [-0.05, 0) is 56.2 Å². The second kappa shape index (κ2) is 11.8. The number of benzene rings is 3. The Balaban J connectivity index is 1.93. The van der Waals surface area contributed by atoms with E-state index in [1.807, 2.05) is 20.8 Å². The Morgan fingerprint density at radius 3 is 1.69 bits per heavy atom. The second-order valence-electron chi connectivity index (χ2n) is 8.22. The third-order valence-electron chi connectivity index (χ3n) is 5.48. The molecule has 0 bridgehead atoms. The minimum absolute atomic E-state index is 0.0900. The number of hydrogen-bond donors (Lipinski definition) is 2. The molecule has 0 saturated heterocycles. The van der Waals surface area contributed by atoms with E-state index in [2.05, 4.69) is 5.32 Å². The number of carboxylic acids is 1. The van der Waals surface area contributed by atoms with E-state index >= 15 is 0 Å². The average molecular weight is 490 g/mol. The van der Waals surface area contributed by atoms with Gasteiger partial charge in [0.15, 0.2) is 0 Å². The molecule has 8 heteroatoms. The number of hydrogen-bond acceptors (Lipinski definition) is 6. The normalized spacial score (nSPS) is 12.2. The molecule has 3 rings (SSSR count). The van der Waals surface area contributed by atoms with Gasteiger partial charge in [-0.15, -0.1) is 0 Å². The zero-order valence-corrected chi connectivity index (χ0v) is 20.2. The van der Waals surface area contributed by atoms with E-state index in [0.29, 0.717) is 12.1 Å². The lowest BCUT2D eigenvalue weighted by atomic mass is 10.1. The summed E-state index contributed by atoms with van der Waals surface area (Å²) < 4.78 is 10.5. The fourth-order valence-electron chi connectivity index (χ4n) is 3.39. The molecular weight excluding hydrogens is 462 g/mol. The summed E-state index contributed by atoms with van der Waals surface area (Å²) in [6.45, 7) is 5.55. The molecule has 0 aliphatic heterocycles. The van der Waals surface area contributed by atoms with Crippen LogP contribution in [0.25, 0.3) is 0 Å². The number of carboxylic acid groups (broad SMARTS) is 1. The van der Waals surface area contributed by atoms with Crippen LogP contribution < -0.4 is 5.32 Å². The number of rotatable bonds is 9. The van der Waals surface area contributed by atoms with Crippen molar-refractivity contribution in [2.24, 2.45) is 0 Å². The van der Waals surface area contributed by atoms with Crippen molar-refractivity contribution in [1.82, 2.24) is 0 Å². The Bertz CT molecular complexity index is 1250. The van der Waals surface area contributed by atoms with Crippen LogP contribution in [0.15, 0.2) is 72.8 Å². The lowest BCUT2D eigenvalue weighted by Crippen LogP contribution is -2.48. The van der Waals surface area contributed by atoms with Crippen LogP contribution in [0.5, 0.6) is 0 Å². The van der Waals surface area contributed by atoms with Gasteiger partial charge >= 0.3 is 17.9 Å². The van der Waals surface area contributed by atoms with Gasteiger partial charge < -0.3 is 19.9 Å². The number of nitrogens with one attached hydrogen (secondary N) is 1. The molecule has 2 atom stereocenters. The summed E-state index contributed by atoms with van der Waals surface area (Å²) in [6, 6.07) is 19.6. The smallest absolute Gasteiger partial charge is 0.349 e. The summed E-state index contributed by atoms with van der Waals surface area (Å²) in [7, 11) is 0. The number of carbonyl (C=O) groups is 4. The van der Waals surface area contributed by atoms with E-state index in [1.54, 1.807) is 48.5 Å². The first-order valence-corrected chi connectivity index (χ1v) is 11.4. The highest BCUT2D eigenvalue weighted by Crippen LogP contribution is 2.19. The summed E-state index contributed by atoms with van der Waals surface area (Å²) in [5, 5.41) is 12.5. The Morgan fingerprint density at radius 1 is 0.750 bits per heavy atom. The molecule has 0 aliphatic carbocycles. The van der Waals surface area contributed by atoms with Gasteiger partial charge in [-0.1, -0.05) is 60.5 Å². The highest BCUT2D eigenvalue weighted by Gasteiger charge is 2.41. The van der Waals surface area contributed by atoms with Crippen molar-refractivity contribution < 1.29 is 33.8 Å². The van der Waals surface area contributed by atoms with Crippen LogP contribution in [0.3, 0.4) is 0 Å². The summed E-state index contributed by atoms with van der Waals surface area (Å²) >= 11 is 0. The van der Waals surface area contributed by atoms with Crippen molar-refractivity contribution >= 4 is 29.5 Å². The second-order valence-corrected chi connectivity index (χ2v) is 8.22. The zero-order chi connectivity index (χ0) is 26.2. The SMILES string of the molecule is CCc1ccccc1NC(=O)[C@H](OC(=O)c1ccc(C)cc1)[C@@H](OC(=O)c1ccc(C)cc1)C(=O)O. The number of anilines is 1. The molecule has 186 valence electrons. The largest absolute Gasteiger partial charge is 0.478 e. The van der Waals surface area contributed by atoms with Gasteiger partial charge in [0.05, 0.1) is 11.1 Å². The van der Waals surface area contributed by atoms with E-state index in [4.69, 9.17) is 9.47 Å². The maximum atomic E-state index is 13.3. The van der Waals surface area contributed by atoms with Gasteiger partial charge in [0, 0.05) is 5.69 Å². The highest BCUT2D eigenvalue weighted by molar-refractivity contribution is 6.01. The third kappa shape index (κ3) is 6.56. The molecule has 0 aromatic heterocycles. The topological polar surface area (TPSA) is 119 Å². The van der Waals surface area contributed by atoms with Gasteiger partial charge in [-0.25, -0.2) is 14.4 Å². The standard InChI is InChI=1S/C28H27NO7/c1-4-19-7-5-6-8-22(19)29-25(30)23(35-27(33)20-13-9-17(2)10-14-20)24(26(31)32)36-28(34)21-15-11-18(3)12-16-21/h5-16,23-24H,4H2,1-3H3,(H,29,30)(H,31,32)/t23-,24-/m1/s1. The van der Waals surface area contributed by atoms with Crippen molar-refractivity contribution in [3.05, 3.63) is 101 Å². The predicted octanol–water partition coefficient (Wildman–Crippen LogP) is 4.34. The van der Waals surface area contributed by atoms with Gasteiger partial charge in [-0.2, -0.15) is 0 Å². The quantitative estimate of drug-likeness (QED) is 0.429. The van der Waals surface area contributed by atoms with E-state index in [0.717, 1.165) is 16.7 Å². The molecule has 0 heterocycles. The first kappa shape index (κ1) is 26.2. The predicted molar refractivity (Wildman–Crippen MR) is 133 cm³/mol. The molecule has 0 saturated carbocycles. The van der Waals surface area contributed by atoms with Crippen LogP contribution in [-0.4, -0.2) is 41.1 Å². The fourth-order valence-corrected chi connectivity index (χ4v) is 3.39. The maximum absolute atomic E-state index is 13.3. The number of aliphatic carboxylic acids is 1. The van der Waals surface area contributed by atoms with Crippen molar-refractivity contribution in [2.75, 3.05) is 5.32 Å². The molecule has 36 heavy (non-hydrogen) atoms. The van der Waals surface area contributed by atoms with Gasteiger partial charge in [0.1, 0.15) is 0 Å². The summed E-state index contributed by atoms with van der Waals surface area (Å²) in [5.74, 6) is -4.49. The minimum atomic E-state index is -2.10. The van der Waals surface area contributed by atoms with E-state index in [-0.39, 0.29) is 11.1 Å². The van der Waals surface area contributed by atoms with E-state index < -0.39 is 36.0 Å². The average Bonchev–Trinajstić information content (AvgIpc) is 2.86. The summed E-state index contributed by atoms with van der Waals surface area (Å²) in [5.41, 5.74) is 3.20. The maximum Gasteiger partial charge on any atom is 0.349 e. The highest BCUT2D eigenvalue weighted by atomic mass is 16.6. The number of aryl methyl sites for hydroxylation is 3. The summed E-state index contributed by atoms with van der Waals surface area (Å²) in [4.78, 5) is 50.9. The van der Waals surface area contributed by atoms with Crippen molar-refractivity contribution in [2.45, 2.75) is 39.4 Å². The Kier molecular flexibility index (Phi) is 8.57. The lowest BCUT2D eigenvalue weighted by molar-refractivity contribution is -0.157. The number of amides is 1. The molecule has 3 aromatic carbocycles. The molecule has 0 unspecified atom stereocenters. The molecule has 0 radical (unpaired) electrons. The van der Waals surface area contributed by atoms with E-state index in [9.17, 15) is 24.3 Å². The molecule has 0 spiro atoms. The molecule has 3 aromatic rings. The van der Waals surface area contributed by atoms with Crippen LogP contribution in [0.1, 0.15) is 44.3 Å². The molecular formula is C28H27NO7. The number of ether oxygens (including phenoxy) is 2. The van der Waals surface area contributed by atoms with Crippen LogP contribution in [0.2, 0.25) is 0 Å². The van der Waals surface area contributed by atoms with Crippen molar-refractivity contribution in [3.63, 3.8) is 0 Å². The molecule has 0 aliphatic rings. The summed E-state index contributed by atoms with van der Waals surface area (Å²) in [6.07, 6.45) is -3.47. The van der Waals surface area contributed by atoms with Crippen molar-refractivity contribution in [3.8, 4) is 0 Å². The van der Waals surface area contributed by atoms with Crippen LogP contribution in [0.4, 0.5) is 5.69 Å². The molecule has 0 fully saturated rings. The lowest BCUT2D eigenvalue weighted by Gasteiger charge is -2.24. The number of para-hydroxylation sites is 1. The van der Waals surface area contributed by atoms with Crippen LogP contribution in [0, 0.1) is 13.8 Å². The first-order valence-electron chi connectivity index (χ1n) is 11.4. The van der Waals surface area contributed by atoms with Gasteiger partial charge in [-0.3, -0.25) is 4.79 Å². The fraction of sp³-hybridized carbons (Fsp3) is 0.214. The molecule has 1 amide bonds. The Morgan fingerprint density at radius 2 is 1.22 bits per heavy atom. The van der Waals surface area contributed by atoms with Crippen molar-refractivity contribution in [1.29, 1.82) is 0 Å². The van der Waals surface area contributed by atoms with Gasteiger partial charge in [0.2, 0.25) is 12.2 Å². The zero-order valence-electron chi connectivity index (χ0n) is 20.2. The number of carbonyl (C=O) groups excluding carboxylic acids is 3. The van der Waals surface area contributed by atoms with Crippen LogP contribution >= 0.6 is 0 Å².